The first kappa shape index (κ1) is 21.5. The van der Waals surface area contributed by atoms with E-state index in [1.807, 2.05) is 55.1 Å². The van der Waals surface area contributed by atoms with Gasteiger partial charge in [0.05, 0.1) is 18.2 Å². The molecule has 178 valence electrons. The molecule has 0 aliphatic carbocycles. The molecule has 3 heterocycles. The van der Waals surface area contributed by atoms with Crippen LogP contribution in [0.3, 0.4) is 0 Å². The molecule has 7 nitrogen and oxygen atoms in total. The fraction of sp³-hybridized carbons (Fsp3) is 0.286. The number of H-pyrrole nitrogens is 1. The monoisotopic (exact) mass is 469 g/mol. The molecule has 3 aromatic carbocycles. The predicted octanol–water partition coefficient (Wildman–Crippen LogP) is 4.70. The second-order valence-corrected chi connectivity index (χ2v) is 9.55. The molecule has 0 radical (unpaired) electrons. The Morgan fingerprint density at radius 2 is 1.86 bits per heavy atom. The Kier molecular flexibility index (Phi) is 4.78. The summed E-state index contributed by atoms with van der Waals surface area (Å²) >= 11 is 0. The lowest BCUT2D eigenvalue weighted by Crippen LogP contribution is -2.61. The van der Waals surface area contributed by atoms with Crippen LogP contribution in [0.5, 0.6) is 11.5 Å². The summed E-state index contributed by atoms with van der Waals surface area (Å²) in [6, 6.07) is 15.8. The maximum absolute atomic E-state index is 13.4. The second kappa shape index (κ2) is 7.77. The number of hydrogen-bond acceptors (Lipinski definition) is 4. The van der Waals surface area contributed by atoms with Crippen LogP contribution < -0.4 is 14.8 Å². The number of para-hydroxylation sites is 1. The van der Waals surface area contributed by atoms with E-state index in [0.29, 0.717) is 48.7 Å². The highest BCUT2D eigenvalue weighted by Crippen LogP contribution is 2.37. The molecule has 1 aromatic heterocycles. The molecule has 1 spiro atoms. The molecule has 2 amide bonds. The van der Waals surface area contributed by atoms with Crippen molar-refractivity contribution in [3.63, 3.8) is 0 Å². The van der Waals surface area contributed by atoms with Crippen LogP contribution in [-0.2, 0) is 0 Å². The molecule has 0 bridgehead atoms. The summed E-state index contributed by atoms with van der Waals surface area (Å²) in [5.41, 5.74) is 3.19. The topological polar surface area (TPSA) is 83.7 Å². The number of aromatic amines is 1. The SMILES string of the molecule is COc1cccc2c(C)c(C(=O)N3CCC4(CC3)NC(=O)c3cc5cc(C)ccc5cc3O4)[nH]c12. The van der Waals surface area contributed by atoms with Gasteiger partial charge in [0, 0.05) is 31.3 Å². The zero-order valence-corrected chi connectivity index (χ0v) is 20.0. The van der Waals surface area contributed by atoms with Gasteiger partial charge in [-0.3, -0.25) is 9.59 Å². The van der Waals surface area contributed by atoms with Crippen molar-refractivity contribution in [2.24, 2.45) is 0 Å². The number of amides is 2. The van der Waals surface area contributed by atoms with E-state index in [2.05, 4.69) is 22.4 Å². The number of nitrogens with one attached hydrogen (secondary N) is 2. The Balaban J connectivity index is 1.24. The van der Waals surface area contributed by atoms with Gasteiger partial charge in [0.25, 0.3) is 11.8 Å². The van der Waals surface area contributed by atoms with E-state index in [4.69, 9.17) is 9.47 Å². The summed E-state index contributed by atoms with van der Waals surface area (Å²) in [5, 5.41) is 6.12. The lowest BCUT2D eigenvalue weighted by atomic mass is 9.95. The minimum atomic E-state index is -0.808. The number of fused-ring (bicyclic) bond motifs is 3. The van der Waals surface area contributed by atoms with Gasteiger partial charge >= 0.3 is 0 Å². The highest BCUT2D eigenvalue weighted by Gasteiger charge is 2.43. The van der Waals surface area contributed by atoms with Crippen LogP contribution >= 0.6 is 0 Å². The Bertz CT molecular complexity index is 1510. The van der Waals surface area contributed by atoms with Crippen molar-refractivity contribution in [2.75, 3.05) is 20.2 Å². The van der Waals surface area contributed by atoms with Crippen LogP contribution in [0.25, 0.3) is 21.7 Å². The summed E-state index contributed by atoms with van der Waals surface area (Å²) in [4.78, 5) is 31.6. The van der Waals surface area contributed by atoms with Gasteiger partial charge in [0.2, 0.25) is 0 Å². The number of methoxy groups -OCH3 is 1. The van der Waals surface area contributed by atoms with Crippen molar-refractivity contribution < 1.29 is 19.1 Å². The van der Waals surface area contributed by atoms with E-state index in [-0.39, 0.29) is 11.8 Å². The van der Waals surface area contributed by atoms with Gasteiger partial charge in [-0.25, -0.2) is 0 Å². The number of carbonyl (C=O) groups excluding carboxylic acids is 2. The highest BCUT2D eigenvalue weighted by molar-refractivity contribution is 6.04. The van der Waals surface area contributed by atoms with Gasteiger partial charge in [-0.1, -0.05) is 35.9 Å². The molecule has 35 heavy (non-hydrogen) atoms. The molecule has 0 saturated carbocycles. The van der Waals surface area contributed by atoms with Gasteiger partial charge in [-0.2, -0.15) is 0 Å². The van der Waals surface area contributed by atoms with Crippen LogP contribution in [-0.4, -0.2) is 47.6 Å². The molecule has 2 aliphatic heterocycles. The predicted molar refractivity (Wildman–Crippen MR) is 134 cm³/mol. The number of hydrogen-bond donors (Lipinski definition) is 2. The molecule has 7 heteroatoms. The van der Waals surface area contributed by atoms with Crippen LogP contribution in [0.1, 0.15) is 44.8 Å². The van der Waals surface area contributed by atoms with E-state index in [1.54, 1.807) is 7.11 Å². The van der Waals surface area contributed by atoms with Crippen LogP contribution in [0.15, 0.2) is 48.5 Å². The van der Waals surface area contributed by atoms with E-state index in [9.17, 15) is 9.59 Å². The number of aryl methyl sites for hydroxylation is 2. The van der Waals surface area contributed by atoms with Crippen LogP contribution in [0, 0.1) is 13.8 Å². The molecule has 4 aromatic rings. The summed E-state index contributed by atoms with van der Waals surface area (Å²) in [6.07, 6.45) is 1.02. The van der Waals surface area contributed by atoms with Crippen molar-refractivity contribution in [2.45, 2.75) is 32.4 Å². The minimum Gasteiger partial charge on any atom is -0.495 e. The molecule has 0 unspecified atom stereocenters. The smallest absolute Gasteiger partial charge is 0.270 e. The van der Waals surface area contributed by atoms with Gasteiger partial charge in [0.15, 0.2) is 5.72 Å². The molecular formula is C28H27N3O4. The number of nitrogens with zero attached hydrogens (tertiary/aromatic N) is 1. The van der Waals surface area contributed by atoms with E-state index in [0.717, 1.165) is 32.8 Å². The Labute approximate surface area is 203 Å². The number of carbonyl (C=O) groups is 2. The van der Waals surface area contributed by atoms with Crippen molar-refractivity contribution in [3.8, 4) is 11.5 Å². The van der Waals surface area contributed by atoms with Crippen molar-refractivity contribution in [3.05, 3.63) is 70.9 Å². The third-order valence-corrected chi connectivity index (χ3v) is 7.33. The van der Waals surface area contributed by atoms with E-state index < -0.39 is 5.72 Å². The van der Waals surface area contributed by atoms with Crippen molar-refractivity contribution in [1.29, 1.82) is 0 Å². The summed E-state index contributed by atoms with van der Waals surface area (Å²) in [7, 11) is 1.62. The first-order valence-electron chi connectivity index (χ1n) is 11.9. The summed E-state index contributed by atoms with van der Waals surface area (Å²) in [6.45, 7) is 4.94. The number of likely N-dealkylation sites (tertiary alicyclic amines) is 1. The van der Waals surface area contributed by atoms with Gasteiger partial charge in [-0.05, 0) is 48.4 Å². The van der Waals surface area contributed by atoms with Crippen molar-refractivity contribution >= 4 is 33.5 Å². The lowest BCUT2D eigenvalue weighted by molar-refractivity contribution is -0.0245. The van der Waals surface area contributed by atoms with E-state index in [1.165, 1.54) is 0 Å². The fourth-order valence-electron chi connectivity index (χ4n) is 5.33. The molecule has 2 aliphatic rings. The number of aromatic nitrogens is 1. The third kappa shape index (κ3) is 3.41. The number of ether oxygens (including phenoxy) is 2. The standard InChI is InChI=1S/C28H27N3O4/c1-16-7-8-18-15-23-21(14-19(18)13-16)26(32)30-28(35-23)9-11-31(12-10-28)27(33)24-17(2)20-5-4-6-22(34-3)25(20)29-24/h4-8,13-15,29H,9-12H2,1-3H3,(H,30,32). The van der Waals surface area contributed by atoms with Crippen molar-refractivity contribution in [1.82, 2.24) is 15.2 Å². The zero-order valence-electron chi connectivity index (χ0n) is 20.0. The number of rotatable bonds is 2. The quantitative estimate of drug-likeness (QED) is 0.446. The number of benzene rings is 3. The zero-order chi connectivity index (χ0) is 24.3. The molecule has 1 saturated heterocycles. The number of piperidine rings is 1. The summed E-state index contributed by atoms with van der Waals surface area (Å²) < 4.78 is 11.9. The van der Waals surface area contributed by atoms with Gasteiger partial charge < -0.3 is 24.7 Å². The highest BCUT2D eigenvalue weighted by atomic mass is 16.5. The van der Waals surface area contributed by atoms with Gasteiger partial charge in [-0.15, -0.1) is 0 Å². The molecule has 1 fully saturated rings. The Morgan fingerprint density at radius 3 is 2.63 bits per heavy atom. The molecule has 2 N–H and O–H groups in total. The maximum Gasteiger partial charge on any atom is 0.270 e. The van der Waals surface area contributed by atoms with Gasteiger partial charge in [0.1, 0.15) is 17.2 Å². The van der Waals surface area contributed by atoms with Crippen LogP contribution in [0.4, 0.5) is 0 Å². The normalized spacial score (nSPS) is 16.8. The van der Waals surface area contributed by atoms with E-state index >= 15 is 0 Å². The maximum atomic E-state index is 13.4. The Hall–Kier alpha value is -4.00. The first-order chi connectivity index (χ1) is 16.9. The lowest BCUT2D eigenvalue weighted by Gasteiger charge is -2.44. The summed E-state index contributed by atoms with van der Waals surface area (Å²) in [5.74, 6) is 1.12. The van der Waals surface area contributed by atoms with Crippen LogP contribution in [0.2, 0.25) is 0 Å². The average molecular weight is 470 g/mol. The minimum absolute atomic E-state index is 0.0560. The fourth-order valence-corrected chi connectivity index (χ4v) is 5.33. The third-order valence-electron chi connectivity index (χ3n) is 7.33. The second-order valence-electron chi connectivity index (χ2n) is 9.55. The molecular weight excluding hydrogens is 442 g/mol. The molecule has 0 atom stereocenters. The first-order valence-corrected chi connectivity index (χ1v) is 11.9. The largest absolute Gasteiger partial charge is 0.495 e. The average Bonchev–Trinajstić information content (AvgIpc) is 3.20. The molecule has 6 rings (SSSR count). The Morgan fingerprint density at radius 1 is 1.06 bits per heavy atom.